The molecular formula is C12H13Br2N3O. The van der Waals surface area contributed by atoms with Gasteiger partial charge in [-0.25, -0.2) is 0 Å². The lowest BCUT2D eigenvalue weighted by atomic mass is 10.2. The lowest BCUT2D eigenvalue weighted by Crippen LogP contribution is -2.08. The number of hydrogen-bond donors (Lipinski definition) is 1. The largest absolute Gasteiger partial charge is 0.421 e. The van der Waals surface area contributed by atoms with Crippen LogP contribution in [0.4, 0.5) is 0 Å². The molecule has 0 bridgehead atoms. The molecule has 0 radical (unpaired) electrons. The van der Waals surface area contributed by atoms with Crippen LogP contribution in [0.25, 0.3) is 11.5 Å². The Kier molecular flexibility index (Phi) is 4.91. The minimum absolute atomic E-state index is 0.544. The van der Waals surface area contributed by atoms with Gasteiger partial charge in [0.1, 0.15) is 0 Å². The predicted molar refractivity (Wildman–Crippen MR) is 77.4 cm³/mol. The summed E-state index contributed by atoms with van der Waals surface area (Å²) in [6.45, 7) is 0.943. The van der Waals surface area contributed by atoms with Crippen molar-refractivity contribution in [1.82, 2.24) is 15.5 Å². The Hall–Kier alpha value is -0.720. The van der Waals surface area contributed by atoms with Crippen molar-refractivity contribution in [3.8, 4) is 11.5 Å². The van der Waals surface area contributed by atoms with E-state index < -0.39 is 0 Å². The highest BCUT2D eigenvalue weighted by molar-refractivity contribution is 9.11. The van der Waals surface area contributed by atoms with Crippen molar-refractivity contribution in [3.63, 3.8) is 0 Å². The van der Waals surface area contributed by atoms with E-state index in [0.717, 1.165) is 33.9 Å². The maximum absolute atomic E-state index is 5.65. The average molecular weight is 375 g/mol. The quantitative estimate of drug-likeness (QED) is 0.814. The van der Waals surface area contributed by atoms with Gasteiger partial charge in [0.05, 0.1) is 5.56 Å². The Morgan fingerprint density at radius 1 is 1.28 bits per heavy atom. The normalized spacial score (nSPS) is 10.8. The van der Waals surface area contributed by atoms with Crippen molar-refractivity contribution in [2.75, 3.05) is 13.6 Å². The molecular weight excluding hydrogens is 362 g/mol. The van der Waals surface area contributed by atoms with Gasteiger partial charge in [-0.15, -0.1) is 10.2 Å². The van der Waals surface area contributed by atoms with Gasteiger partial charge in [0.25, 0.3) is 0 Å². The Balaban J connectivity index is 2.16. The molecule has 0 atom stereocenters. The summed E-state index contributed by atoms with van der Waals surface area (Å²) < 4.78 is 7.57. The second kappa shape index (κ2) is 6.45. The molecule has 0 aliphatic heterocycles. The molecule has 0 unspecified atom stereocenters. The van der Waals surface area contributed by atoms with Gasteiger partial charge in [-0.2, -0.15) is 0 Å². The first-order chi connectivity index (χ1) is 8.70. The summed E-state index contributed by atoms with van der Waals surface area (Å²) in [5.41, 5.74) is 0.900. The summed E-state index contributed by atoms with van der Waals surface area (Å²) in [5, 5.41) is 11.2. The van der Waals surface area contributed by atoms with Crippen LogP contribution >= 0.6 is 31.9 Å². The summed E-state index contributed by atoms with van der Waals surface area (Å²) in [5.74, 6) is 1.22. The Morgan fingerprint density at radius 2 is 2.11 bits per heavy atom. The van der Waals surface area contributed by atoms with E-state index >= 15 is 0 Å². The van der Waals surface area contributed by atoms with Crippen LogP contribution in [0.2, 0.25) is 0 Å². The van der Waals surface area contributed by atoms with Crippen molar-refractivity contribution >= 4 is 31.9 Å². The van der Waals surface area contributed by atoms with Crippen molar-refractivity contribution in [1.29, 1.82) is 0 Å². The summed E-state index contributed by atoms with van der Waals surface area (Å²) in [7, 11) is 1.93. The number of benzene rings is 1. The zero-order valence-corrected chi connectivity index (χ0v) is 13.1. The molecule has 0 saturated carbocycles. The second-order valence-corrected chi connectivity index (χ2v) is 5.60. The van der Waals surface area contributed by atoms with Crippen LogP contribution in [0.1, 0.15) is 12.3 Å². The maximum atomic E-state index is 5.65. The van der Waals surface area contributed by atoms with E-state index in [2.05, 4.69) is 47.4 Å². The molecule has 6 heteroatoms. The van der Waals surface area contributed by atoms with E-state index in [-0.39, 0.29) is 0 Å². The topological polar surface area (TPSA) is 51.0 Å². The van der Waals surface area contributed by atoms with Crippen molar-refractivity contribution in [2.45, 2.75) is 12.8 Å². The maximum Gasteiger partial charge on any atom is 0.248 e. The average Bonchev–Trinajstić information content (AvgIpc) is 2.81. The van der Waals surface area contributed by atoms with Crippen molar-refractivity contribution < 1.29 is 4.42 Å². The molecule has 0 aliphatic carbocycles. The summed E-state index contributed by atoms with van der Waals surface area (Å²) >= 11 is 6.91. The van der Waals surface area contributed by atoms with E-state index in [1.807, 2.05) is 25.2 Å². The smallest absolute Gasteiger partial charge is 0.248 e. The van der Waals surface area contributed by atoms with Crippen LogP contribution in [0, 0.1) is 0 Å². The van der Waals surface area contributed by atoms with Crippen molar-refractivity contribution in [2.24, 2.45) is 0 Å². The number of halogens is 2. The Labute approximate surface area is 122 Å². The fraction of sp³-hybridized carbons (Fsp3) is 0.333. The monoisotopic (exact) mass is 373 g/mol. The zero-order chi connectivity index (χ0) is 13.0. The van der Waals surface area contributed by atoms with Crippen LogP contribution < -0.4 is 5.32 Å². The Bertz CT molecular complexity index is 528. The lowest BCUT2D eigenvalue weighted by Gasteiger charge is -1.99. The molecule has 0 fully saturated rings. The lowest BCUT2D eigenvalue weighted by molar-refractivity contribution is 0.494. The molecule has 0 aliphatic rings. The predicted octanol–water partition coefficient (Wildman–Crippen LogP) is 3.41. The molecule has 4 nitrogen and oxygen atoms in total. The highest BCUT2D eigenvalue weighted by Crippen LogP contribution is 2.30. The van der Waals surface area contributed by atoms with Gasteiger partial charge in [0.15, 0.2) is 0 Å². The van der Waals surface area contributed by atoms with Gasteiger partial charge in [-0.3, -0.25) is 0 Å². The molecule has 18 heavy (non-hydrogen) atoms. The van der Waals surface area contributed by atoms with Gasteiger partial charge < -0.3 is 9.73 Å². The third kappa shape index (κ3) is 3.40. The number of nitrogens with one attached hydrogen (secondary N) is 1. The number of hydrogen-bond acceptors (Lipinski definition) is 4. The van der Waals surface area contributed by atoms with Gasteiger partial charge in [0, 0.05) is 15.4 Å². The van der Waals surface area contributed by atoms with Crippen LogP contribution in [0.3, 0.4) is 0 Å². The van der Waals surface area contributed by atoms with Gasteiger partial charge >= 0.3 is 0 Å². The first kappa shape index (κ1) is 13.7. The Morgan fingerprint density at radius 3 is 2.89 bits per heavy atom. The van der Waals surface area contributed by atoms with E-state index in [0.29, 0.717) is 11.8 Å². The molecule has 2 rings (SSSR count). The zero-order valence-electron chi connectivity index (χ0n) is 9.91. The minimum Gasteiger partial charge on any atom is -0.421 e. The van der Waals surface area contributed by atoms with Gasteiger partial charge in [0.2, 0.25) is 11.8 Å². The summed E-state index contributed by atoms with van der Waals surface area (Å²) in [4.78, 5) is 0. The summed E-state index contributed by atoms with van der Waals surface area (Å²) in [6.07, 6.45) is 1.78. The third-order valence-corrected chi connectivity index (χ3v) is 3.63. The molecule has 1 aromatic heterocycles. The first-order valence-electron chi connectivity index (χ1n) is 5.63. The summed E-state index contributed by atoms with van der Waals surface area (Å²) in [6, 6.07) is 5.86. The molecule has 0 saturated heterocycles. The second-order valence-electron chi connectivity index (χ2n) is 3.83. The van der Waals surface area contributed by atoms with Crippen molar-refractivity contribution in [3.05, 3.63) is 33.0 Å². The standard InChI is InChI=1S/C12H13Br2N3O/c1-15-6-2-3-11-16-17-12(18-11)9-7-8(13)4-5-10(9)14/h4-5,7,15H,2-3,6H2,1H3. The van der Waals surface area contributed by atoms with Gasteiger partial charge in [-0.05, 0) is 54.1 Å². The number of rotatable bonds is 5. The first-order valence-corrected chi connectivity index (χ1v) is 7.21. The fourth-order valence-electron chi connectivity index (χ4n) is 1.54. The van der Waals surface area contributed by atoms with Crippen LogP contribution in [0.5, 0.6) is 0 Å². The number of aryl methyl sites for hydroxylation is 1. The van der Waals surface area contributed by atoms with E-state index in [1.54, 1.807) is 0 Å². The van der Waals surface area contributed by atoms with Crippen LogP contribution in [0.15, 0.2) is 31.6 Å². The molecule has 0 spiro atoms. The number of aromatic nitrogens is 2. The highest BCUT2D eigenvalue weighted by atomic mass is 79.9. The highest BCUT2D eigenvalue weighted by Gasteiger charge is 2.11. The van der Waals surface area contributed by atoms with Gasteiger partial charge in [-0.1, -0.05) is 15.9 Å². The molecule has 1 heterocycles. The molecule has 1 aromatic carbocycles. The SMILES string of the molecule is CNCCCc1nnc(-c2cc(Br)ccc2Br)o1. The molecule has 0 amide bonds. The minimum atomic E-state index is 0.544. The fourth-order valence-corrected chi connectivity index (χ4v) is 2.32. The van der Waals surface area contributed by atoms with Crippen LogP contribution in [-0.2, 0) is 6.42 Å². The van der Waals surface area contributed by atoms with E-state index in [9.17, 15) is 0 Å². The van der Waals surface area contributed by atoms with E-state index in [1.165, 1.54) is 0 Å². The molecule has 96 valence electrons. The van der Waals surface area contributed by atoms with Crippen LogP contribution in [-0.4, -0.2) is 23.8 Å². The van der Waals surface area contributed by atoms with E-state index in [4.69, 9.17) is 4.42 Å². The number of nitrogens with zero attached hydrogens (tertiary/aromatic N) is 2. The molecule has 1 N–H and O–H groups in total. The molecule has 2 aromatic rings. The third-order valence-electron chi connectivity index (χ3n) is 2.44.